The van der Waals surface area contributed by atoms with Gasteiger partial charge < -0.3 is 14.6 Å². The second-order valence-electron chi connectivity index (χ2n) is 8.12. The van der Waals surface area contributed by atoms with Gasteiger partial charge in [-0.1, -0.05) is 12.1 Å². The Kier molecular flexibility index (Phi) is 5.21. The van der Waals surface area contributed by atoms with Gasteiger partial charge in [0.2, 0.25) is 0 Å². The number of ether oxygens (including phenoxy) is 2. The third kappa shape index (κ3) is 3.82. The highest BCUT2D eigenvalue weighted by Gasteiger charge is 2.37. The van der Waals surface area contributed by atoms with Gasteiger partial charge >= 0.3 is 0 Å². The summed E-state index contributed by atoms with van der Waals surface area (Å²) in [6.45, 7) is 3.00. The molecule has 31 heavy (non-hydrogen) atoms. The van der Waals surface area contributed by atoms with Crippen molar-refractivity contribution >= 4 is 5.91 Å². The Hall–Kier alpha value is -3.16. The first kappa shape index (κ1) is 19.8. The third-order valence-electron chi connectivity index (χ3n) is 6.08. The molecular weight excluding hydrogens is 394 g/mol. The average Bonchev–Trinajstić information content (AvgIpc) is 3.31. The van der Waals surface area contributed by atoms with Crippen LogP contribution in [0.3, 0.4) is 0 Å². The molecule has 160 valence electrons. The Bertz CT molecular complexity index is 1080. The van der Waals surface area contributed by atoms with Crippen molar-refractivity contribution in [2.75, 3.05) is 19.9 Å². The van der Waals surface area contributed by atoms with E-state index in [0.29, 0.717) is 37.4 Å². The molecule has 2 aromatic carbocycles. The Morgan fingerprint density at radius 3 is 2.81 bits per heavy atom. The van der Waals surface area contributed by atoms with Crippen LogP contribution in [0.15, 0.2) is 54.9 Å². The summed E-state index contributed by atoms with van der Waals surface area (Å²) in [6.07, 6.45) is 4.30. The van der Waals surface area contributed by atoms with Gasteiger partial charge in [-0.3, -0.25) is 9.69 Å². The molecule has 0 aliphatic carbocycles. The number of carbonyl (C=O) groups excluding carboxylic acids is 1. The number of aliphatic hydroxyl groups is 1. The van der Waals surface area contributed by atoms with Crippen LogP contribution in [-0.2, 0) is 11.2 Å². The summed E-state index contributed by atoms with van der Waals surface area (Å²) < 4.78 is 13.2. The fourth-order valence-corrected chi connectivity index (χ4v) is 4.22. The van der Waals surface area contributed by atoms with Crippen molar-refractivity contribution in [1.29, 1.82) is 0 Å². The van der Waals surface area contributed by atoms with Gasteiger partial charge in [0.05, 0.1) is 30.0 Å². The van der Waals surface area contributed by atoms with Gasteiger partial charge in [-0.25, -0.2) is 4.68 Å². The number of carbonyl (C=O) groups is 1. The van der Waals surface area contributed by atoms with E-state index in [1.807, 2.05) is 48.1 Å². The molecule has 0 spiro atoms. The molecule has 1 fully saturated rings. The van der Waals surface area contributed by atoms with Gasteiger partial charge in [0.25, 0.3) is 5.91 Å². The highest BCUT2D eigenvalue weighted by molar-refractivity contribution is 5.98. The van der Waals surface area contributed by atoms with Crippen LogP contribution in [0.2, 0.25) is 0 Å². The number of benzene rings is 2. The second kappa shape index (κ2) is 8.17. The molecule has 1 saturated heterocycles. The minimum atomic E-state index is -0.596. The Morgan fingerprint density at radius 2 is 2.06 bits per heavy atom. The summed E-state index contributed by atoms with van der Waals surface area (Å²) in [5.74, 6) is 0.480. The van der Waals surface area contributed by atoms with Crippen molar-refractivity contribution in [3.63, 3.8) is 0 Å². The Labute approximate surface area is 180 Å². The van der Waals surface area contributed by atoms with E-state index in [2.05, 4.69) is 17.2 Å². The summed E-state index contributed by atoms with van der Waals surface area (Å²) in [6, 6.07) is 13.6. The largest absolute Gasteiger partial charge is 0.472 e. The van der Waals surface area contributed by atoms with Crippen LogP contribution in [0.4, 0.5) is 0 Å². The van der Waals surface area contributed by atoms with Gasteiger partial charge in [-0.05, 0) is 66.8 Å². The fourth-order valence-electron chi connectivity index (χ4n) is 4.22. The maximum atomic E-state index is 13.2. The number of hydrogen-bond donors (Lipinski definition) is 1. The number of aliphatic hydroxyl groups excluding tert-OH is 1. The van der Waals surface area contributed by atoms with E-state index in [0.717, 1.165) is 22.4 Å². The monoisotopic (exact) mass is 419 g/mol. The maximum Gasteiger partial charge on any atom is 0.260 e. The number of fused-ring (bicyclic) bond motifs is 1. The standard InChI is InChI=1S/C24H25N3O4/c1-16-11-23-20(24(29)26(15-31-23)21-14-30-10-7-22(21)28)13-18(16)12-17-3-5-19(6-4-17)27-9-2-8-25-27/h2-6,8-9,11,13,21-22,28H,7,10,12,14-15H2,1H3/t21-,22-/m0/s1. The summed E-state index contributed by atoms with van der Waals surface area (Å²) in [4.78, 5) is 14.8. The summed E-state index contributed by atoms with van der Waals surface area (Å²) in [5.41, 5.74) is 4.85. The maximum absolute atomic E-state index is 13.2. The highest BCUT2D eigenvalue weighted by atomic mass is 16.5. The van der Waals surface area contributed by atoms with Gasteiger partial charge in [0.15, 0.2) is 6.73 Å². The number of hydrogen-bond acceptors (Lipinski definition) is 5. The van der Waals surface area contributed by atoms with E-state index in [-0.39, 0.29) is 18.7 Å². The summed E-state index contributed by atoms with van der Waals surface area (Å²) in [5, 5.41) is 14.6. The molecule has 2 aliphatic heterocycles. The average molecular weight is 419 g/mol. The zero-order valence-corrected chi connectivity index (χ0v) is 17.4. The number of nitrogens with zero attached hydrogens (tertiary/aromatic N) is 3. The predicted molar refractivity (Wildman–Crippen MR) is 114 cm³/mol. The number of rotatable bonds is 4. The molecule has 2 aliphatic rings. The molecule has 2 atom stereocenters. The first-order chi connectivity index (χ1) is 15.1. The molecule has 1 amide bonds. The van der Waals surface area contributed by atoms with Crippen molar-refractivity contribution < 1.29 is 19.4 Å². The van der Waals surface area contributed by atoms with Crippen molar-refractivity contribution in [3.8, 4) is 11.4 Å². The van der Waals surface area contributed by atoms with Crippen molar-refractivity contribution in [2.45, 2.75) is 31.9 Å². The normalized spacial score (nSPS) is 21.0. The van der Waals surface area contributed by atoms with E-state index in [1.54, 1.807) is 11.1 Å². The molecule has 3 heterocycles. The van der Waals surface area contributed by atoms with Crippen molar-refractivity contribution in [1.82, 2.24) is 14.7 Å². The molecule has 3 aromatic rings. The van der Waals surface area contributed by atoms with Gasteiger partial charge in [-0.2, -0.15) is 5.10 Å². The lowest BCUT2D eigenvalue weighted by Crippen LogP contribution is -2.54. The van der Waals surface area contributed by atoms with E-state index in [1.165, 1.54) is 0 Å². The second-order valence-corrected chi connectivity index (χ2v) is 8.12. The molecule has 0 saturated carbocycles. The minimum Gasteiger partial charge on any atom is -0.472 e. The summed E-state index contributed by atoms with van der Waals surface area (Å²) >= 11 is 0. The molecule has 7 nitrogen and oxygen atoms in total. The van der Waals surface area contributed by atoms with Crippen LogP contribution in [-0.4, -0.2) is 57.8 Å². The molecule has 0 bridgehead atoms. The fraction of sp³-hybridized carbons (Fsp3) is 0.333. The Balaban J connectivity index is 1.38. The lowest BCUT2D eigenvalue weighted by molar-refractivity contribution is -0.0696. The lowest BCUT2D eigenvalue weighted by Gasteiger charge is -2.39. The zero-order chi connectivity index (χ0) is 21.4. The number of aryl methyl sites for hydroxylation is 1. The van der Waals surface area contributed by atoms with Crippen LogP contribution in [0.25, 0.3) is 5.69 Å². The lowest BCUT2D eigenvalue weighted by atomic mass is 9.95. The molecule has 0 unspecified atom stereocenters. The number of aromatic nitrogens is 2. The van der Waals surface area contributed by atoms with E-state index < -0.39 is 6.10 Å². The SMILES string of the molecule is Cc1cc2c(cc1Cc1ccc(-n3cccn3)cc1)C(=O)N([C@H]1COCC[C@@H]1O)CO2. The van der Waals surface area contributed by atoms with Crippen LogP contribution >= 0.6 is 0 Å². The zero-order valence-electron chi connectivity index (χ0n) is 17.4. The van der Waals surface area contributed by atoms with Crippen LogP contribution < -0.4 is 4.74 Å². The summed E-state index contributed by atoms with van der Waals surface area (Å²) in [7, 11) is 0. The minimum absolute atomic E-state index is 0.119. The van der Waals surface area contributed by atoms with Crippen LogP contribution in [0.1, 0.15) is 33.5 Å². The smallest absolute Gasteiger partial charge is 0.260 e. The van der Waals surface area contributed by atoms with Gasteiger partial charge in [0, 0.05) is 19.0 Å². The molecule has 5 rings (SSSR count). The molecule has 0 radical (unpaired) electrons. The Morgan fingerprint density at radius 1 is 1.23 bits per heavy atom. The molecule has 1 N–H and O–H groups in total. The van der Waals surface area contributed by atoms with Gasteiger partial charge in [-0.15, -0.1) is 0 Å². The molecule has 1 aromatic heterocycles. The first-order valence-electron chi connectivity index (χ1n) is 10.5. The van der Waals surface area contributed by atoms with Crippen molar-refractivity contribution in [3.05, 3.63) is 77.1 Å². The third-order valence-corrected chi connectivity index (χ3v) is 6.08. The topological polar surface area (TPSA) is 76.8 Å². The molecular formula is C24H25N3O4. The quantitative estimate of drug-likeness (QED) is 0.704. The van der Waals surface area contributed by atoms with E-state index >= 15 is 0 Å². The molecule has 7 heteroatoms. The van der Waals surface area contributed by atoms with E-state index in [9.17, 15) is 9.90 Å². The van der Waals surface area contributed by atoms with Gasteiger partial charge in [0.1, 0.15) is 5.75 Å². The number of amides is 1. The highest BCUT2D eigenvalue weighted by Crippen LogP contribution is 2.31. The van der Waals surface area contributed by atoms with Crippen LogP contribution in [0.5, 0.6) is 5.75 Å². The first-order valence-corrected chi connectivity index (χ1v) is 10.5. The van der Waals surface area contributed by atoms with E-state index in [4.69, 9.17) is 9.47 Å². The predicted octanol–water partition coefficient (Wildman–Crippen LogP) is 2.71. The van der Waals surface area contributed by atoms with Crippen LogP contribution in [0, 0.1) is 6.92 Å². The van der Waals surface area contributed by atoms with Crippen molar-refractivity contribution in [2.24, 2.45) is 0 Å².